The van der Waals surface area contributed by atoms with Crippen LogP contribution in [0.3, 0.4) is 0 Å². The van der Waals surface area contributed by atoms with Gasteiger partial charge >= 0.3 is 0 Å². The molecular formula is C21H28O3. The van der Waals surface area contributed by atoms with Gasteiger partial charge in [-0.05, 0) is 48.7 Å². The minimum absolute atomic E-state index is 0.0524. The van der Waals surface area contributed by atoms with E-state index in [2.05, 4.69) is 26.8 Å². The zero-order valence-electron chi connectivity index (χ0n) is 15.5. The summed E-state index contributed by atoms with van der Waals surface area (Å²) in [6.45, 7) is 6.66. The Bertz CT molecular complexity index is 700. The van der Waals surface area contributed by atoms with Crippen molar-refractivity contribution >= 4 is 5.78 Å². The molecule has 2 aliphatic rings. The highest BCUT2D eigenvalue weighted by Crippen LogP contribution is 2.49. The molecule has 1 aromatic rings. The van der Waals surface area contributed by atoms with Crippen molar-refractivity contribution in [2.75, 3.05) is 14.2 Å². The molecule has 0 saturated carbocycles. The molecular weight excluding hydrogens is 300 g/mol. The Kier molecular flexibility index (Phi) is 4.46. The summed E-state index contributed by atoms with van der Waals surface area (Å²) in [5.74, 6) is 2.41. The Balaban J connectivity index is 2.17. The van der Waals surface area contributed by atoms with E-state index in [0.29, 0.717) is 12.3 Å². The minimum Gasteiger partial charge on any atom is -0.493 e. The third-order valence-electron chi connectivity index (χ3n) is 5.75. The van der Waals surface area contributed by atoms with Crippen molar-refractivity contribution < 1.29 is 14.3 Å². The highest BCUT2D eigenvalue weighted by atomic mass is 16.5. The van der Waals surface area contributed by atoms with Crippen LogP contribution in [0.25, 0.3) is 0 Å². The molecule has 24 heavy (non-hydrogen) atoms. The average molecular weight is 328 g/mol. The maximum absolute atomic E-state index is 11.9. The van der Waals surface area contributed by atoms with E-state index in [9.17, 15) is 4.79 Å². The highest BCUT2D eigenvalue weighted by molar-refractivity contribution is 5.91. The van der Waals surface area contributed by atoms with Gasteiger partial charge in [-0.2, -0.15) is 0 Å². The Morgan fingerprint density at radius 1 is 1.08 bits per heavy atom. The van der Waals surface area contributed by atoms with E-state index in [4.69, 9.17) is 9.47 Å². The number of hydrogen-bond donors (Lipinski definition) is 0. The first-order valence-electron chi connectivity index (χ1n) is 8.90. The first-order chi connectivity index (χ1) is 11.4. The van der Waals surface area contributed by atoms with Crippen molar-refractivity contribution in [2.24, 2.45) is 5.41 Å². The van der Waals surface area contributed by atoms with Crippen LogP contribution in [0.15, 0.2) is 17.7 Å². The Hall–Kier alpha value is -1.77. The predicted octanol–water partition coefficient (Wildman–Crippen LogP) is 4.61. The first kappa shape index (κ1) is 17.1. The minimum atomic E-state index is 0.0524. The number of rotatable bonds is 3. The fraction of sp³-hybridized carbons (Fsp3) is 0.571. The Morgan fingerprint density at radius 2 is 1.79 bits per heavy atom. The summed E-state index contributed by atoms with van der Waals surface area (Å²) < 4.78 is 11.5. The van der Waals surface area contributed by atoms with E-state index >= 15 is 0 Å². The van der Waals surface area contributed by atoms with Crippen LogP contribution < -0.4 is 9.47 Å². The lowest BCUT2D eigenvalue weighted by Crippen LogP contribution is -2.27. The van der Waals surface area contributed by atoms with Crippen LogP contribution in [0, 0.1) is 5.41 Å². The molecule has 1 atom stereocenters. The Morgan fingerprint density at radius 3 is 2.42 bits per heavy atom. The van der Waals surface area contributed by atoms with Crippen molar-refractivity contribution in [1.29, 1.82) is 0 Å². The molecule has 0 heterocycles. The number of ketones is 1. The highest BCUT2D eigenvalue weighted by Gasteiger charge is 2.37. The number of hydrogen-bond acceptors (Lipinski definition) is 3. The molecule has 0 saturated heterocycles. The second kappa shape index (κ2) is 6.27. The lowest BCUT2D eigenvalue weighted by molar-refractivity contribution is -0.115. The van der Waals surface area contributed by atoms with Crippen molar-refractivity contribution in [3.63, 3.8) is 0 Å². The standard InChI is InChI=1S/C21H28O3/c1-13(2)17-10-14-6-7-15-11-16(22)8-9-21(15,3)12-18(14)20(24-5)19(17)23-4/h10-11,13H,6-9,12H2,1-5H3. The number of methoxy groups -OCH3 is 2. The van der Waals surface area contributed by atoms with Gasteiger partial charge in [-0.1, -0.05) is 32.4 Å². The SMILES string of the molecule is COc1c(C(C)C)cc2c(c1OC)CC1(C)CCC(=O)C=C1CC2. The summed E-state index contributed by atoms with van der Waals surface area (Å²) in [6, 6.07) is 2.30. The Labute approximate surface area is 145 Å². The van der Waals surface area contributed by atoms with Gasteiger partial charge < -0.3 is 9.47 Å². The molecule has 0 fully saturated rings. The molecule has 2 aliphatic carbocycles. The maximum atomic E-state index is 11.9. The van der Waals surface area contributed by atoms with Gasteiger partial charge in [0.25, 0.3) is 0 Å². The molecule has 130 valence electrons. The van der Waals surface area contributed by atoms with Crippen LogP contribution in [0.5, 0.6) is 11.5 Å². The van der Waals surface area contributed by atoms with Crippen LogP contribution in [0.1, 0.15) is 62.6 Å². The fourth-order valence-corrected chi connectivity index (χ4v) is 4.26. The van der Waals surface area contributed by atoms with Gasteiger partial charge in [0.05, 0.1) is 14.2 Å². The predicted molar refractivity (Wildman–Crippen MR) is 96.1 cm³/mol. The van der Waals surface area contributed by atoms with Crippen molar-refractivity contribution in [3.8, 4) is 11.5 Å². The second-order valence-corrected chi connectivity index (χ2v) is 7.70. The lowest BCUT2D eigenvalue weighted by atomic mass is 9.70. The number of allylic oxidation sites excluding steroid dienone is 2. The molecule has 0 N–H and O–H groups in total. The van der Waals surface area contributed by atoms with E-state index in [-0.39, 0.29) is 11.2 Å². The molecule has 0 spiro atoms. The normalized spacial score (nSPS) is 23.2. The van der Waals surface area contributed by atoms with Crippen molar-refractivity contribution in [3.05, 3.63) is 34.4 Å². The molecule has 0 bridgehead atoms. The molecule has 0 aliphatic heterocycles. The molecule has 3 rings (SSSR count). The molecule has 0 radical (unpaired) electrons. The van der Waals surface area contributed by atoms with Crippen LogP contribution >= 0.6 is 0 Å². The van der Waals surface area contributed by atoms with Crippen molar-refractivity contribution in [1.82, 2.24) is 0 Å². The zero-order chi connectivity index (χ0) is 17.5. The summed E-state index contributed by atoms with van der Waals surface area (Å²) in [5.41, 5.74) is 5.17. The monoisotopic (exact) mass is 328 g/mol. The van der Waals surface area contributed by atoms with Gasteiger partial charge in [-0.25, -0.2) is 0 Å². The van der Waals surface area contributed by atoms with Crippen LogP contribution in [0.2, 0.25) is 0 Å². The average Bonchev–Trinajstić information content (AvgIpc) is 2.69. The van der Waals surface area contributed by atoms with Crippen molar-refractivity contribution in [2.45, 2.75) is 58.8 Å². The summed E-state index contributed by atoms with van der Waals surface area (Å²) in [4.78, 5) is 11.9. The molecule has 0 aromatic heterocycles. The van der Waals surface area contributed by atoms with E-state index in [1.54, 1.807) is 14.2 Å². The quantitative estimate of drug-likeness (QED) is 0.813. The number of ether oxygens (including phenoxy) is 2. The van der Waals surface area contributed by atoms with Crippen LogP contribution in [-0.2, 0) is 17.6 Å². The van der Waals surface area contributed by atoms with Gasteiger partial charge in [0.15, 0.2) is 17.3 Å². The van der Waals surface area contributed by atoms with Gasteiger partial charge in [-0.3, -0.25) is 4.79 Å². The molecule has 1 aromatic carbocycles. The number of carbonyl (C=O) groups is 1. The molecule has 1 unspecified atom stereocenters. The molecule has 3 nitrogen and oxygen atoms in total. The number of carbonyl (C=O) groups excluding carboxylic acids is 1. The van der Waals surface area contributed by atoms with Crippen LogP contribution in [0.4, 0.5) is 0 Å². The van der Waals surface area contributed by atoms with Gasteiger partial charge in [0.1, 0.15) is 0 Å². The lowest BCUT2D eigenvalue weighted by Gasteiger charge is -2.34. The third-order valence-corrected chi connectivity index (χ3v) is 5.75. The smallest absolute Gasteiger partial charge is 0.164 e. The van der Waals surface area contributed by atoms with Gasteiger partial charge in [0.2, 0.25) is 0 Å². The summed E-state index contributed by atoms with van der Waals surface area (Å²) in [6.07, 6.45) is 6.32. The number of benzene rings is 1. The van der Waals surface area contributed by atoms with E-state index < -0.39 is 0 Å². The summed E-state index contributed by atoms with van der Waals surface area (Å²) in [7, 11) is 3.45. The summed E-state index contributed by atoms with van der Waals surface area (Å²) >= 11 is 0. The topological polar surface area (TPSA) is 35.5 Å². The largest absolute Gasteiger partial charge is 0.493 e. The fourth-order valence-electron chi connectivity index (χ4n) is 4.26. The molecule has 0 amide bonds. The summed E-state index contributed by atoms with van der Waals surface area (Å²) in [5, 5.41) is 0. The molecule has 3 heteroatoms. The van der Waals surface area contributed by atoms with E-state index in [1.807, 2.05) is 6.08 Å². The van der Waals surface area contributed by atoms with Crippen LogP contribution in [-0.4, -0.2) is 20.0 Å². The first-order valence-corrected chi connectivity index (χ1v) is 8.90. The van der Waals surface area contributed by atoms with Gasteiger partial charge in [-0.15, -0.1) is 0 Å². The van der Waals surface area contributed by atoms with E-state index in [0.717, 1.165) is 37.2 Å². The van der Waals surface area contributed by atoms with E-state index in [1.165, 1.54) is 22.3 Å². The third kappa shape index (κ3) is 2.74. The number of fused-ring (bicyclic) bond motifs is 2. The number of aryl methyl sites for hydroxylation is 1. The maximum Gasteiger partial charge on any atom is 0.164 e. The second-order valence-electron chi connectivity index (χ2n) is 7.70. The zero-order valence-corrected chi connectivity index (χ0v) is 15.5. The van der Waals surface area contributed by atoms with Gasteiger partial charge in [0, 0.05) is 17.5 Å².